The van der Waals surface area contributed by atoms with E-state index in [9.17, 15) is 4.39 Å². The number of rotatable bonds is 9. The predicted octanol–water partition coefficient (Wildman–Crippen LogP) is 6.91. The van der Waals surface area contributed by atoms with Gasteiger partial charge < -0.3 is 20.4 Å². The van der Waals surface area contributed by atoms with Gasteiger partial charge in [-0.1, -0.05) is 30.7 Å². The van der Waals surface area contributed by atoms with E-state index in [0.29, 0.717) is 16.6 Å². The van der Waals surface area contributed by atoms with E-state index in [2.05, 4.69) is 50.7 Å². The van der Waals surface area contributed by atoms with E-state index in [1.807, 2.05) is 6.07 Å². The molecule has 0 saturated carbocycles. The van der Waals surface area contributed by atoms with Crippen LogP contribution in [0.5, 0.6) is 5.75 Å². The molecule has 0 saturated heterocycles. The number of nitrogens with one attached hydrogen (secondary N) is 3. The number of H-pyrrole nitrogens is 1. The standard InChI is InChI=1S/C26H23ClFN5OS/c1-2-29-13-19-6-8-22(32-19)24-12-20-25(30-15-31-26(20)35-24)33-18-7-9-23(21(27)11-18)34-14-16-4-3-5-17(28)10-16/h3-12,15,29,32H,2,13-14H2,1H3,(H,30,31,33). The quantitative estimate of drug-likeness (QED) is 0.202. The van der Waals surface area contributed by atoms with Crippen LogP contribution in [0.15, 0.2) is 67.0 Å². The normalized spacial score (nSPS) is 11.2. The molecule has 0 aliphatic rings. The average molecular weight is 508 g/mol. The maximum atomic E-state index is 13.4. The molecule has 3 heterocycles. The van der Waals surface area contributed by atoms with E-state index < -0.39 is 0 Å². The minimum absolute atomic E-state index is 0.226. The summed E-state index contributed by atoms with van der Waals surface area (Å²) < 4.78 is 19.2. The number of hydrogen-bond donors (Lipinski definition) is 3. The fraction of sp³-hybridized carbons (Fsp3) is 0.154. The third-order valence-corrected chi connectivity index (χ3v) is 6.76. The topological polar surface area (TPSA) is 74.9 Å². The molecule has 2 aromatic carbocycles. The maximum Gasteiger partial charge on any atom is 0.142 e. The van der Waals surface area contributed by atoms with Crippen LogP contribution < -0.4 is 15.4 Å². The number of anilines is 2. The average Bonchev–Trinajstić information content (AvgIpc) is 3.50. The van der Waals surface area contributed by atoms with Gasteiger partial charge in [-0.3, -0.25) is 0 Å². The van der Waals surface area contributed by atoms with Crippen molar-refractivity contribution < 1.29 is 9.13 Å². The van der Waals surface area contributed by atoms with E-state index in [-0.39, 0.29) is 12.4 Å². The van der Waals surface area contributed by atoms with Crippen molar-refractivity contribution in [2.75, 3.05) is 11.9 Å². The number of nitrogens with zero attached hydrogens (tertiary/aromatic N) is 2. The van der Waals surface area contributed by atoms with Gasteiger partial charge in [0.1, 0.15) is 35.1 Å². The van der Waals surface area contributed by atoms with Gasteiger partial charge in [0.2, 0.25) is 0 Å². The van der Waals surface area contributed by atoms with Gasteiger partial charge in [-0.05, 0) is 60.6 Å². The highest BCUT2D eigenvalue weighted by Gasteiger charge is 2.13. The minimum atomic E-state index is -0.297. The van der Waals surface area contributed by atoms with Crippen molar-refractivity contribution in [2.45, 2.75) is 20.1 Å². The summed E-state index contributed by atoms with van der Waals surface area (Å²) >= 11 is 8.06. The summed E-state index contributed by atoms with van der Waals surface area (Å²) in [6.07, 6.45) is 1.55. The number of thiophene rings is 1. The molecule has 5 rings (SSSR count). The second-order valence-electron chi connectivity index (χ2n) is 7.92. The van der Waals surface area contributed by atoms with Gasteiger partial charge in [0.25, 0.3) is 0 Å². The Hall–Kier alpha value is -3.46. The van der Waals surface area contributed by atoms with Crippen LogP contribution in [-0.2, 0) is 13.2 Å². The van der Waals surface area contributed by atoms with Crippen molar-refractivity contribution in [1.29, 1.82) is 0 Å². The maximum absolute atomic E-state index is 13.4. The van der Waals surface area contributed by atoms with E-state index in [1.54, 1.807) is 41.9 Å². The van der Waals surface area contributed by atoms with Crippen molar-refractivity contribution in [3.8, 4) is 16.3 Å². The molecule has 0 amide bonds. The molecule has 3 N–H and O–H groups in total. The highest BCUT2D eigenvalue weighted by molar-refractivity contribution is 7.21. The monoisotopic (exact) mass is 507 g/mol. The molecule has 9 heteroatoms. The van der Waals surface area contributed by atoms with Crippen LogP contribution in [0.2, 0.25) is 5.02 Å². The lowest BCUT2D eigenvalue weighted by Gasteiger charge is -2.11. The molecule has 0 atom stereocenters. The van der Waals surface area contributed by atoms with Crippen LogP contribution in [-0.4, -0.2) is 21.5 Å². The van der Waals surface area contributed by atoms with Crippen LogP contribution in [0.25, 0.3) is 20.8 Å². The van der Waals surface area contributed by atoms with E-state index in [1.165, 1.54) is 12.1 Å². The zero-order valence-electron chi connectivity index (χ0n) is 18.9. The van der Waals surface area contributed by atoms with E-state index >= 15 is 0 Å². The number of hydrogen-bond acceptors (Lipinski definition) is 6. The molecule has 0 unspecified atom stereocenters. The lowest BCUT2D eigenvalue weighted by Crippen LogP contribution is -2.11. The molecular formula is C26H23ClFN5OS. The molecule has 178 valence electrons. The first kappa shape index (κ1) is 23.3. The predicted molar refractivity (Wildman–Crippen MR) is 140 cm³/mol. The summed E-state index contributed by atoms with van der Waals surface area (Å²) in [7, 11) is 0. The van der Waals surface area contributed by atoms with Crippen LogP contribution in [0.4, 0.5) is 15.9 Å². The van der Waals surface area contributed by atoms with E-state index in [0.717, 1.165) is 50.8 Å². The van der Waals surface area contributed by atoms with Gasteiger partial charge in [0, 0.05) is 17.9 Å². The lowest BCUT2D eigenvalue weighted by molar-refractivity contribution is 0.306. The first-order valence-corrected chi connectivity index (χ1v) is 12.4. The first-order chi connectivity index (χ1) is 17.1. The Kier molecular flexibility index (Phi) is 6.94. The fourth-order valence-electron chi connectivity index (χ4n) is 3.65. The molecule has 0 aliphatic heterocycles. The highest BCUT2D eigenvalue weighted by Crippen LogP contribution is 2.36. The molecular weight excluding hydrogens is 485 g/mol. The summed E-state index contributed by atoms with van der Waals surface area (Å²) in [5.41, 5.74) is 3.69. The molecule has 35 heavy (non-hydrogen) atoms. The Morgan fingerprint density at radius 1 is 1.09 bits per heavy atom. The third-order valence-electron chi connectivity index (χ3n) is 5.38. The van der Waals surface area contributed by atoms with Crippen molar-refractivity contribution in [3.63, 3.8) is 0 Å². The smallest absolute Gasteiger partial charge is 0.142 e. The molecule has 0 bridgehead atoms. The van der Waals surface area contributed by atoms with Gasteiger partial charge in [-0.2, -0.15) is 0 Å². The first-order valence-electron chi connectivity index (χ1n) is 11.2. The Morgan fingerprint density at radius 2 is 2.00 bits per heavy atom. The Morgan fingerprint density at radius 3 is 2.83 bits per heavy atom. The third kappa shape index (κ3) is 5.45. The second-order valence-corrected chi connectivity index (χ2v) is 9.36. The largest absolute Gasteiger partial charge is 0.487 e. The zero-order chi connectivity index (χ0) is 24.2. The number of ether oxygens (including phenoxy) is 1. The summed E-state index contributed by atoms with van der Waals surface area (Å²) in [5, 5.41) is 8.04. The molecule has 5 aromatic rings. The Balaban J connectivity index is 1.32. The molecule has 0 aliphatic carbocycles. The van der Waals surface area contributed by atoms with Crippen molar-refractivity contribution in [3.05, 3.63) is 89.1 Å². The second kappa shape index (κ2) is 10.4. The molecule has 0 fully saturated rings. The lowest BCUT2D eigenvalue weighted by atomic mass is 10.2. The van der Waals surface area contributed by atoms with Gasteiger partial charge in [-0.25, -0.2) is 14.4 Å². The van der Waals surface area contributed by atoms with Crippen LogP contribution in [0, 0.1) is 5.82 Å². The van der Waals surface area contributed by atoms with Crippen LogP contribution in [0.3, 0.4) is 0 Å². The van der Waals surface area contributed by atoms with Crippen molar-refractivity contribution in [2.24, 2.45) is 0 Å². The number of fused-ring (bicyclic) bond motifs is 1. The van der Waals surface area contributed by atoms with Gasteiger partial charge in [-0.15, -0.1) is 11.3 Å². The number of aromatic nitrogens is 3. The number of aromatic amines is 1. The summed E-state index contributed by atoms with van der Waals surface area (Å²) in [6, 6.07) is 18.0. The molecule has 3 aromatic heterocycles. The van der Waals surface area contributed by atoms with Crippen LogP contribution >= 0.6 is 22.9 Å². The van der Waals surface area contributed by atoms with Crippen molar-refractivity contribution in [1.82, 2.24) is 20.3 Å². The van der Waals surface area contributed by atoms with E-state index in [4.69, 9.17) is 16.3 Å². The summed E-state index contributed by atoms with van der Waals surface area (Å²) in [6.45, 7) is 4.04. The van der Waals surface area contributed by atoms with Crippen molar-refractivity contribution >= 4 is 44.7 Å². The zero-order valence-corrected chi connectivity index (χ0v) is 20.5. The van der Waals surface area contributed by atoms with Gasteiger partial charge in [0.05, 0.1) is 21.0 Å². The minimum Gasteiger partial charge on any atom is -0.487 e. The summed E-state index contributed by atoms with van der Waals surface area (Å²) in [4.78, 5) is 14.3. The summed E-state index contributed by atoms with van der Waals surface area (Å²) in [5.74, 6) is 0.920. The molecule has 6 nitrogen and oxygen atoms in total. The highest BCUT2D eigenvalue weighted by atomic mass is 35.5. The number of benzene rings is 2. The van der Waals surface area contributed by atoms with Gasteiger partial charge in [0.15, 0.2) is 0 Å². The van der Waals surface area contributed by atoms with Crippen LogP contribution in [0.1, 0.15) is 18.2 Å². The number of halogens is 2. The van der Waals surface area contributed by atoms with Gasteiger partial charge >= 0.3 is 0 Å². The molecule has 0 radical (unpaired) electrons. The Labute approximate surface area is 211 Å². The Bertz CT molecular complexity index is 1470. The molecule has 0 spiro atoms. The fourth-order valence-corrected chi connectivity index (χ4v) is 4.87. The SMILES string of the molecule is CCNCc1ccc(-c2cc3c(Nc4ccc(OCc5cccc(F)c5)c(Cl)c4)ncnc3s2)[nH]1.